The Hall–Kier alpha value is -0.860. The molecule has 0 spiro atoms. The van der Waals surface area contributed by atoms with Gasteiger partial charge in [0.15, 0.2) is 0 Å². The first-order valence-electron chi connectivity index (χ1n) is 8.46. The highest BCUT2D eigenvalue weighted by molar-refractivity contribution is 5.29. The van der Waals surface area contributed by atoms with E-state index in [4.69, 9.17) is 0 Å². The Morgan fingerprint density at radius 3 is 1.81 bits per heavy atom. The first-order chi connectivity index (χ1) is 9.88. The minimum Gasteiger partial charge on any atom is -0.309 e. The zero-order chi connectivity index (χ0) is 16.0. The van der Waals surface area contributed by atoms with Crippen molar-refractivity contribution in [2.24, 2.45) is 0 Å². The number of benzene rings is 1. The first kappa shape index (κ1) is 18.2. The molecule has 120 valence electrons. The second-order valence-corrected chi connectivity index (χ2v) is 6.64. The van der Waals surface area contributed by atoms with Gasteiger partial charge in [0.1, 0.15) is 0 Å². The summed E-state index contributed by atoms with van der Waals surface area (Å²) in [4.78, 5) is 2.54. The van der Waals surface area contributed by atoms with Crippen molar-refractivity contribution in [1.82, 2.24) is 10.2 Å². The van der Waals surface area contributed by atoms with Gasteiger partial charge < -0.3 is 5.32 Å². The third kappa shape index (κ3) is 4.31. The van der Waals surface area contributed by atoms with Gasteiger partial charge in [-0.1, -0.05) is 58.9 Å². The topological polar surface area (TPSA) is 15.3 Å². The van der Waals surface area contributed by atoms with E-state index in [0.29, 0.717) is 12.0 Å². The fraction of sp³-hybridized carbons (Fsp3) is 0.684. The molecule has 0 aliphatic heterocycles. The number of hydrogen-bond acceptors (Lipinski definition) is 2. The molecule has 0 fully saturated rings. The van der Waals surface area contributed by atoms with Crippen LogP contribution in [0.15, 0.2) is 24.3 Å². The van der Waals surface area contributed by atoms with E-state index in [2.05, 4.69) is 82.9 Å². The maximum absolute atomic E-state index is 3.70. The molecule has 0 bridgehead atoms. The van der Waals surface area contributed by atoms with Crippen LogP contribution in [0.4, 0.5) is 0 Å². The Bertz CT molecular complexity index is 402. The van der Waals surface area contributed by atoms with E-state index in [0.717, 1.165) is 19.6 Å². The Labute approximate surface area is 131 Å². The van der Waals surface area contributed by atoms with Crippen LogP contribution >= 0.6 is 0 Å². The zero-order valence-electron chi connectivity index (χ0n) is 15.0. The molecule has 1 aromatic rings. The molecule has 0 radical (unpaired) electrons. The van der Waals surface area contributed by atoms with Gasteiger partial charge >= 0.3 is 0 Å². The maximum Gasteiger partial charge on any atom is 0.0501 e. The number of hydrogen-bond donors (Lipinski definition) is 1. The van der Waals surface area contributed by atoms with Crippen LogP contribution < -0.4 is 5.32 Å². The highest BCUT2D eigenvalue weighted by atomic mass is 15.2. The van der Waals surface area contributed by atoms with Crippen LogP contribution in [0.1, 0.15) is 71.6 Å². The average molecular weight is 290 g/mol. The van der Waals surface area contributed by atoms with Crippen molar-refractivity contribution in [3.63, 3.8) is 0 Å². The Kier molecular flexibility index (Phi) is 6.89. The van der Waals surface area contributed by atoms with Crippen molar-refractivity contribution < 1.29 is 0 Å². The third-order valence-electron chi connectivity index (χ3n) is 4.63. The van der Waals surface area contributed by atoms with Crippen molar-refractivity contribution in [3.8, 4) is 0 Å². The molecule has 2 heteroatoms. The molecule has 0 aliphatic carbocycles. The summed E-state index contributed by atoms with van der Waals surface area (Å²) >= 11 is 0. The molecule has 1 aromatic carbocycles. The molecule has 1 unspecified atom stereocenters. The van der Waals surface area contributed by atoms with Crippen LogP contribution in [-0.2, 0) is 0 Å². The van der Waals surface area contributed by atoms with Crippen molar-refractivity contribution >= 4 is 0 Å². The molecular weight excluding hydrogens is 256 g/mol. The van der Waals surface area contributed by atoms with E-state index in [1.54, 1.807) is 0 Å². The van der Waals surface area contributed by atoms with E-state index >= 15 is 0 Å². The maximum atomic E-state index is 3.70. The second kappa shape index (κ2) is 7.95. The van der Waals surface area contributed by atoms with Gasteiger partial charge in [-0.05, 0) is 50.5 Å². The van der Waals surface area contributed by atoms with Gasteiger partial charge in [0.2, 0.25) is 0 Å². The quantitative estimate of drug-likeness (QED) is 0.754. The summed E-state index contributed by atoms with van der Waals surface area (Å²) in [6.45, 7) is 19.0. The number of nitrogens with one attached hydrogen (secondary N) is 1. The van der Waals surface area contributed by atoms with Crippen LogP contribution in [0.5, 0.6) is 0 Å². The summed E-state index contributed by atoms with van der Waals surface area (Å²) in [5.74, 6) is 0.590. The standard InChI is InChI=1S/C19H34N2/c1-8-20-18(19(6,7)21(9-2)10-3)17-13-11-16(12-14-17)15(4)5/h11-15,18,20H,8-10H2,1-7H3. The summed E-state index contributed by atoms with van der Waals surface area (Å²) in [5, 5.41) is 3.70. The predicted molar refractivity (Wildman–Crippen MR) is 93.9 cm³/mol. The zero-order valence-corrected chi connectivity index (χ0v) is 15.0. The van der Waals surface area contributed by atoms with Crippen molar-refractivity contribution in [2.45, 2.75) is 66.0 Å². The largest absolute Gasteiger partial charge is 0.309 e. The molecule has 0 aliphatic rings. The highest BCUT2D eigenvalue weighted by Crippen LogP contribution is 2.31. The van der Waals surface area contributed by atoms with Crippen LogP contribution in [0, 0.1) is 0 Å². The molecule has 0 saturated carbocycles. The molecule has 0 saturated heterocycles. The lowest BCUT2D eigenvalue weighted by molar-refractivity contribution is 0.0918. The van der Waals surface area contributed by atoms with Gasteiger partial charge in [0.25, 0.3) is 0 Å². The Morgan fingerprint density at radius 2 is 1.43 bits per heavy atom. The molecular formula is C19H34N2. The smallest absolute Gasteiger partial charge is 0.0501 e. The van der Waals surface area contributed by atoms with Gasteiger partial charge in [0, 0.05) is 5.54 Å². The fourth-order valence-corrected chi connectivity index (χ4v) is 3.27. The van der Waals surface area contributed by atoms with Crippen molar-refractivity contribution in [2.75, 3.05) is 19.6 Å². The minimum absolute atomic E-state index is 0.0961. The third-order valence-corrected chi connectivity index (χ3v) is 4.63. The molecule has 0 heterocycles. The van der Waals surface area contributed by atoms with Gasteiger partial charge in [-0.3, -0.25) is 4.90 Å². The summed E-state index contributed by atoms with van der Waals surface area (Å²) in [7, 11) is 0. The molecule has 21 heavy (non-hydrogen) atoms. The number of rotatable bonds is 8. The van der Waals surface area contributed by atoms with E-state index in [1.165, 1.54) is 11.1 Å². The van der Waals surface area contributed by atoms with Gasteiger partial charge in [-0.15, -0.1) is 0 Å². The van der Waals surface area contributed by atoms with Gasteiger partial charge in [-0.25, -0.2) is 0 Å². The van der Waals surface area contributed by atoms with Gasteiger partial charge in [0.05, 0.1) is 6.04 Å². The van der Waals surface area contributed by atoms with Crippen LogP contribution in [0.3, 0.4) is 0 Å². The lowest BCUT2D eigenvalue weighted by atomic mass is 9.85. The molecule has 0 amide bonds. The summed E-state index contributed by atoms with van der Waals surface area (Å²) in [5.41, 5.74) is 2.89. The summed E-state index contributed by atoms with van der Waals surface area (Å²) in [6, 6.07) is 9.51. The van der Waals surface area contributed by atoms with E-state index < -0.39 is 0 Å². The van der Waals surface area contributed by atoms with E-state index in [-0.39, 0.29) is 5.54 Å². The first-order valence-corrected chi connectivity index (χ1v) is 8.46. The Morgan fingerprint density at radius 1 is 0.952 bits per heavy atom. The van der Waals surface area contributed by atoms with Crippen LogP contribution in [0.25, 0.3) is 0 Å². The molecule has 0 aromatic heterocycles. The number of nitrogens with zero attached hydrogens (tertiary/aromatic N) is 1. The fourth-order valence-electron chi connectivity index (χ4n) is 3.27. The van der Waals surface area contributed by atoms with Crippen LogP contribution in [-0.4, -0.2) is 30.1 Å². The van der Waals surface area contributed by atoms with Crippen molar-refractivity contribution in [1.29, 1.82) is 0 Å². The SMILES string of the molecule is CCNC(c1ccc(C(C)C)cc1)C(C)(C)N(CC)CC. The summed E-state index contributed by atoms with van der Waals surface area (Å²) in [6.07, 6.45) is 0. The second-order valence-electron chi connectivity index (χ2n) is 6.64. The minimum atomic E-state index is 0.0961. The highest BCUT2D eigenvalue weighted by Gasteiger charge is 2.34. The average Bonchev–Trinajstić information content (AvgIpc) is 2.45. The summed E-state index contributed by atoms with van der Waals surface area (Å²) < 4.78 is 0. The lowest BCUT2D eigenvalue weighted by Gasteiger charge is -2.44. The molecule has 1 rings (SSSR count). The molecule has 1 N–H and O–H groups in total. The Balaban J connectivity index is 3.10. The molecule has 2 nitrogen and oxygen atoms in total. The van der Waals surface area contributed by atoms with Gasteiger partial charge in [-0.2, -0.15) is 0 Å². The monoisotopic (exact) mass is 290 g/mol. The van der Waals surface area contributed by atoms with E-state index in [1.807, 2.05) is 0 Å². The number of likely N-dealkylation sites (N-methyl/N-ethyl adjacent to an activating group) is 2. The lowest BCUT2D eigenvalue weighted by Crippen LogP contribution is -2.52. The van der Waals surface area contributed by atoms with E-state index in [9.17, 15) is 0 Å². The van der Waals surface area contributed by atoms with Crippen LogP contribution in [0.2, 0.25) is 0 Å². The predicted octanol–water partition coefficient (Wildman–Crippen LogP) is 4.58. The molecule has 1 atom stereocenters. The normalized spacial score (nSPS) is 14.0. The van der Waals surface area contributed by atoms with Crippen molar-refractivity contribution in [3.05, 3.63) is 35.4 Å².